The van der Waals surface area contributed by atoms with Gasteiger partial charge in [-0.1, -0.05) is 85.0 Å². The average Bonchev–Trinajstić information content (AvgIpc) is 3.70. The number of nitriles is 3. The van der Waals surface area contributed by atoms with Gasteiger partial charge in [-0.2, -0.15) is 15.8 Å². The molecule has 9 rings (SSSR count). The predicted octanol–water partition coefficient (Wildman–Crippen LogP) is 10.6. The van der Waals surface area contributed by atoms with Crippen molar-refractivity contribution in [2.75, 3.05) is 0 Å². The maximum atomic E-state index is 10.4. The Morgan fingerprint density at radius 3 is 2.28 bits per heavy atom. The van der Waals surface area contributed by atoms with Gasteiger partial charge in [0.1, 0.15) is 6.07 Å². The number of hydrogen-bond donors (Lipinski definition) is 0. The van der Waals surface area contributed by atoms with E-state index in [9.17, 15) is 15.8 Å². The van der Waals surface area contributed by atoms with Gasteiger partial charge in [0, 0.05) is 50.5 Å². The standard InChI is InChI=1S/C45H29N5/c46-26-29-19-20-44-40(23-29)39-14-3-6-18-43(39)50(44)45-33(28-48)11-8-15-36(45)32-10-7-9-31(24-32)34-21-30(27-47)22-35(25-34)49-41-16-4-1-12-37(41)38-13-2-5-17-42(38)49/h1-4,6-16,18-21,23-25,35H,5,17,22H2. The fraction of sp³-hybridized carbons (Fsp3) is 0.0889. The van der Waals surface area contributed by atoms with Crippen LogP contribution in [0, 0.1) is 34.0 Å². The first-order chi connectivity index (χ1) is 24.7. The molecule has 0 N–H and O–H groups in total. The van der Waals surface area contributed by atoms with Crippen LogP contribution in [0.4, 0.5) is 0 Å². The Morgan fingerprint density at radius 1 is 0.660 bits per heavy atom. The third-order valence-corrected chi connectivity index (χ3v) is 10.2. The number of para-hydroxylation sites is 3. The molecule has 5 aromatic carbocycles. The molecule has 0 amide bonds. The smallest absolute Gasteiger partial charge is 0.101 e. The highest BCUT2D eigenvalue weighted by Gasteiger charge is 2.26. The van der Waals surface area contributed by atoms with Crippen molar-refractivity contribution in [3.8, 4) is 35.0 Å². The molecule has 234 valence electrons. The molecule has 1 unspecified atom stereocenters. The van der Waals surface area contributed by atoms with Crippen molar-refractivity contribution >= 4 is 44.4 Å². The van der Waals surface area contributed by atoms with E-state index in [0.717, 1.165) is 68.2 Å². The lowest BCUT2D eigenvalue weighted by Crippen LogP contribution is -2.14. The van der Waals surface area contributed by atoms with Crippen molar-refractivity contribution in [3.63, 3.8) is 0 Å². The van der Waals surface area contributed by atoms with Crippen molar-refractivity contribution < 1.29 is 0 Å². The lowest BCUT2D eigenvalue weighted by molar-refractivity contribution is 0.592. The largest absolute Gasteiger partial charge is 0.337 e. The Bertz CT molecular complexity index is 2780. The molecule has 0 fully saturated rings. The van der Waals surface area contributed by atoms with Crippen LogP contribution in [0.15, 0.2) is 133 Å². The van der Waals surface area contributed by atoms with Gasteiger partial charge < -0.3 is 9.13 Å². The third kappa shape index (κ3) is 4.51. The highest BCUT2D eigenvalue weighted by Crippen LogP contribution is 2.42. The van der Waals surface area contributed by atoms with Crippen molar-refractivity contribution in [1.82, 2.24) is 9.13 Å². The summed E-state index contributed by atoms with van der Waals surface area (Å²) in [6.45, 7) is 0. The first-order valence-electron chi connectivity index (χ1n) is 16.9. The quantitative estimate of drug-likeness (QED) is 0.192. The van der Waals surface area contributed by atoms with Crippen LogP contribution in [0.25, 0.3) is 61.2 Å². The lowest BCUT2D eigenvalue weighted by atomic mass is 9.89. The van der Waals surface area contributed by atoms with Crippen LogP contribution < -0.4 is 0 Å². The van der Waals surface area contributed by atoms with Gasteiger partial charge in [0.2, 0.25) is 0 Å². The number of rotatable bonds is 4. The number of hydrogen-bond acceptors (Lipinski definition) is 3. The maximum absolute atomic E-state index is 10.4. The van der Waals surface area contributed by atoms with Crippen LogP contribution in [0.1, 0.15) is 46.8 Å². The summed E-state index contributed by atoms with van der Waals surface area (Å²) in [5, 5.41) is 33.6. The summed E-state index contributed by atoms with van der Waals surface area (Å²) in [5.41, 5.74) is 12.3. The molecule has 0 aliphatic heterocycles. The van der Waals surface area contributed by atoms with Crippen molar-refractivity contribution in [2.45, 2.75) is 25.3 Å². The first kappa shape index (κ1) is 29.3. The summed E-state index contributed by atoms with van der Waals surface area (Å²) in [5.74, 6) is 0. The fourth-order valence-corrected chi connectivity index (χ4v) is 8.05. The van der Waals surface area contributed by atoms with Crippen LogP contribution in [0.2, 0.25) is 0 Å². The minimum atomic E-state index is 0.00170. The zero-order valence-corrected chi connectivity index (χ0v) is 27.1. The number of aromatic nitrogens is 2. The summed E-state index contributed by atoms with van der Waals surface area (Å²) in [7, 11) is 0. The van der Waals surface area contributed by atoms with E-state index >= 15 is 0 Å². The highest BCUT2D eigenvalue weighted by molar-refractivity contribution is 6.10. The minimum absolute atomic E-state index is 0.00170. The molecule has 2 heterocycles. The van der Waals surface area contributed by atoms with Gasteiger partial charge in [0.25, 0.3) is 0 Å². The molecular weight excluding hydrogens is 611 g/mol. The zero-order valence-electron chi connectivity index (χ0n) is 27.1. The fourth-order valence-electron chi connectivity index (χ4n) is 8.05. The van der Waals surface area contributed by atoms with Gasteiger partial charge >= 0.3 is 0 Å². The van der Waals surface area contributed by atoms with E-state index in [-0.39, 0.29) is 6.04 Å². The summed E-state index contributed by atoms with van der Waals surface area (Å²) in [4.78, 5) is 0. The molecule has 0 saturated heterocycles. The van der Waals surface area contributed by atoms with E-state index in [1.165, 1.54) is 22.2 Å². The molecule has 0 spiro atoms. The Hall–Kier alpha value is -6.87. The molecule has 0 saturated carbocycles. The van der Waals surface area contributed by atoms with Crippen LogP contribution in [0.3, 0.4) is 0 Å². The third-order valence-electron chi connectivity index (χ3n) is 10.2. The highest BCUT2D eigenvalue weighted by atomic mass is 15.0. The van der Waals surface area contributed by atoms with E-state index < -0.39 is 0 Å². The van der Waals surface area contributed by atoms with Crippen molar-refractivity contribution in [3.05, 3.63) is 161 Å². The minimum Gasteiger partial charge on any atom is -0.337 e. The Balaban J connectivity index is 1.22. The zero-order chi connectivity index (χ0) is 33.8. The molecule has 2 aliphatic carbocycles. The number of fused-ring (bicyclic) bond motifs is 6. The van der Waals surface area contributed by atoms with Gasteiger partial charge in [-0.15, -0.1) is 0 Å². The average molecular weight is 640 g/mol. The van der Waals surface area contributed by atoms with E-state index in [1.807, 2.05) is 48.5 Å². The normalized spacial score (nSPS) is 15.3. The van der Waals surface area contributed by atoms with Gasteiger partial charge in [-0.3, -0.25) is 0 Å². The lowest BCUT2D eigenvalue weighted by Gasteiger charge is -2.25. The molecule has 5 heteroatoms. The SMILES string of the molecule is N#CC1=CC(c2cccc(-c3cccc(C#N)c3-n3c4ccccc4c4cc(C#N)ccc43)c2)=CC(n2c3c(c4ccccc42)C=CCC3)C1. The van der Waals surface area contributed by atoms with Crippen LogP contribution in [0.5, 0.6) is 0 Å². The molecule has 50 heavy (non-hydrogen) atoms. The molecular formula is C45H29N5. The molecule has 2 aromatic heterocycles. The van der Waals surface area contributed by atoms with E-state index in [0.29, 0.717) is 17.5 Å². The number of nitrogens with zero attached hydrogens (tertiary/aromatic N) is 5. The molecule has 7 aromatic rings. The molecule has 0 radical (unpaired) electrons. The van der Waals surface area contributed by atoms with Crippen LogP contribution in [-0.2, 0) is 6.42 Å². The summed E-state index contributed by atoms with van der Waals surface area (Å²) in [6.07, 6.45) is 11.5. The van der Waals surface area contributed by atoms with Gasteiger partial charge in [-0.05, 0) is 78.1 Å². The second-order valence-electron chi connectivity index (χ2n) is 13.0. The number of benzene rings is 5. The summed E-state index contributed by atoms with van der Waals surface area (Å²) < 4.78 is 4.61. The van der Waals surface area contributed by atoms with Gasteiger partial charge in [0.05, 0.1) is 46.0 Å². The van der Waals surface area contributed by atoms with Crippen LogP contribution >= 0.6 is 0 Å². The van der Waals surface area contributed by atoms with Crippen molar-refractivity contribution in [1.29, 1.82) is 15.8 Å². The molecule has 1 atom stereocenters. The first-order valence-corrected chi connectivity index (χ1v) is 16.9. The monoisotopic (exact) mass is 639 g/mol. The van der Waals surface area contributed by atoms with Crippen molar-refractivity contribution in [2.24, 2.45) is 0 Å². The van der Waals surface area contributed by atoms with E-state index in [2.05, 4.69) is 112 Å². The summed E-state index contributed by atoms with van der Waals surface area (Å²) in [6, 6.07) is 44.0. The Labute approximate surface area is 289 Å². The molecule has 0 bridgehead atoms. The second-order valence-corrected chi connectivity index (χ2v) is 13.0. The number of allylic oxidation sites excluding steroid dienone is 5. The van der Waals surface area contributed by atoms with Gasteiger partial charge in [-0.25, -0.2) is 0 Å². The Morgan fingerprint density at radius 2 is 1.44 bits per heavy atom. The van der Waals surface area contributed by atoms with E-state index in [4.69, 9.17) is 0 Å². The topological polar surface area (TPSA) is 81.2 Å². The molecule has 2 aliphatic rings. The molecule has 5 nitrogen and oxygen atoms in total. The maximum Gasteiger partial charge on any atom is 0.101 e. The van der Waals surface area contributed by atoms with E-state index in [1.54, 1.807) is 0 Å². The van der Waals surface area contributed by atoms with Gasteiger partial charge in [0.15, 0.2) is 0 Å². The summed E-state index contributed by atoms with van der Waals surface area (Å²) >= 11 is 0. The second kappa shape index (κ2) is 11.7. The predicted molar refractivity (Wildman–Crippen MR) is 200 cm³/mol. The Kier molecular flexibility index (Phi) is 6.84. The van der Waals surface area contributed by atoms with Crippen LogP contribution in [-0.4, -0.2) is 9.13 Å².